The maximum absolute atomic E-state index is 11.5. The molecular weight excluding hydrogens is 320 g/mol. The third-order valence-corrected chi connectivity index (χ3v) is 4.28. The predicted octanol–water partition coefficient (Wildman–Crippen LogP) is 2.02. The van der Waals surface area contributed by atoms with E-state index in [1.165, 1.54) is 17.7 Å². The Kier molecular flexibility index (Phi) is 5.40. The zero-order chi connectivity index (χ0) is 17.0. The molecule has 0 fully saturated rings. The Morgan fingerprint density at radius 3 is 2.70 bits per heavy atom. The minimum atomic E-state index is -0.523. The highest BCUT2D eigenvalue weighted by Gasteiger charge is 2.27. The molecule has 0 aromatic carbocycles. The summed E-state index contributed by atoms with van der Waals surface area (Å²) in [5.74, 6) is 0.263. The average Bonchev–Trinajstić information content (AvgIpc) is 2.82. The number of aliphatic hydroxyl groups excluding tert-OH is 1. The van der Waals surface area contributed by atoms with E-state index in [2.05, 4.69) is 20.3 Å². The summed E-state index contributed by atoms with van der Waals surface area (Å²) < 4.78 is 0. The van der Waals surface area contributed by atoms with Crippen LogP contribution in [0.25, 0.3) is 0 Å². The molecule has 23 heavy (non-hydrogen) atoms. The lowest BCUT2D eigenvalue weighted by Gasteiger charge is -2.20. The van der Waals surface area contributed by atoms with Crippen LogP contribution in [0.15, 0.2) is 6.33 Å². The second-order valence-corrected chi connectivity index (χ2v) is 5.94. The SMILES string of the molecule is CCN(CCO)c1ncnc(Nc2nc(C)c(C)s2)c1[N+](=O)[O-]. The minimum Gasteiger partial charge on any atom is -0.395 e. The second-order valence-electron chi connectivity index (χ2n) is 4.74. The van der Waals surface area contributed by atoms with Crippen LogP contribution in [0, 0.1) is 24.0 Å². The first-order chi connectivity index (χ1) is 11.0. The lowest BCUT2D eigenvalue weighted by molar-refractivity contribution is -0.383. The molecule has 2 aromatic rings. The fourth-order valence-electron chi connectivity index (χ4n) is 2.02. The van der Waals surface area contributed by atoms with Gasteiger partial charge < -0.3 is 15.3 Å². The van der Waals surface area contributed by atoms with Crippen LogP contribution >= 0.6 is 11.3 Å². The highest BCUT2D eigenvalue weighted by molar-refractivity contribution is 7.15. The lowest BCUT2D eigenvalue weighted by atomic mass is 10.3. The van der Waals surface area contributed by atoms with E-state index in [4.69, 9.17) is 5.11 Å². The molecule has 0 amide bonds. The highest BCUT2D eigenvalue weighted by atomic mass is 32.1. The van der Waals surface area contributed by atoms with Crippen molar-refractivity contribution >= 4 is 33.8 Å². The van der Waals surface area contributed by atoms with Gasteiger partial charge in [-0.05, 0) is 20.8 Å². The van der Waals surface area contributed by atoms with Gasteiger partial charge in [-0.1, -0.05) is 0 Å². The molecule has 124 valence electrons. The van der Waals surface area contributed by atoms with Crippen LogP contribution in [-0.2, 0) is 0 Å². The van der Waals surface area contributed by atoms with Crippen LogP contribution in [-0.4, -0.2) is 44.7 Å². The van der Waals surface area contributed by atoms with Crippen molar-refractivity contribution in [1.29, 1.82) is 0 Å². The van der Waals surface area contributed by atoms with Crippen molar-refractivity contribution in [2.75, 3.05) is 29.9 Å². The number of anilines is 3. The quantitative estimate of drug-likeness (QED) is 0.581. The maximum Gasteiger partial charge on any atom is 0.353 e. The fourth-order valence-corrected chi connectivity index (χ4v) is 2.84. The smallest absolute Gasteiger partial charge is 0.353 e. The molecule has 0 spiro atoms. The maximum atomic E-state index is 11.5. The summed E-state index contributed by atoms with van der Waals surface area (Å²) >= 11 is 1.40. The number of nitrogens with zero attached hydrogens (tertiary/aromatic N) is 5. The standard InChI is InChI=1S/C13H18N6O3S/c1-4-18(5-6-20)12-10(19(21)22)11(14-7-15-12)17-13-16-8(2)9(3)23-13/h7,20H,4-6H2,1-3H3,(H,14,15,16,17). The third-order valence-electron chi connectivity index (χ3n) is 3.29. The van der Waals surface area contributed by atoms with Gasteiger partial charge in [-0.15, -0.1) is 11.3 Å². The van der Waals surface area contributed by atoms with Gasteiger partial charge in [-0.2, -0.15) is 0 Å². The number of nitrogens with one attached hydrogen (secondary N) is 1. The summed E-state index contributed by atoms with van der Waals surface area (Å²) in [5.41, 5.74) is 0.637. The van der Waals surface area contributed by atoms with Crippen LogP contribution in [0.2, 0.25) is 0 Å². The monoisotopic (exact) mass is 338 g/mol. The van der Waals surface area contributed by atoms with Crippen molar-refractivity contribution < 1.29 is 10.0 Å². The minimum absolute atomic E-state index is 0.0881. The first kappa shape index (κ1) is 17.0. The Bertz CT molecular complexity index is 686. The van der Waals surface area contributed by atoms with E-state index >= 15 is 0 Å². The van der Waals surface area contributed by atoms with Crippen LogP contribution in [0.1, 0.15) is 17.5 Å². The lowest BCUT2D eigenvalue weighted by Crippen LogP contribution is -2.28. The molecule has 0 aliphatic carbocycles. The molecule has 0 aliphatic heterocycles. The van der Waals surface area contributed by atoms with Crippen molar-refractivity contribution in [2.45, 2.75) is 20.8 Å². The normalized spacial score (nSPS) is 10.6. The fraction of sp³-hybridized carbons (Fsp3) is 0.462. The Morgan fingerprint density at radius 1 is 1.43 bits per heavy atom. The molecule has 9 nitrogen and oxygen atoms in total. The van der Waals surface area contributed by atoms with Crippen molar-refractivity contribution in [3.05, 3.63) is 27.0 Å². The summed E-state index contributed by atoms with van der Waals surface area (Å²) in [6, 6.07) is 0. The first-order valence-corrected chi connectivity index (χ1v) is 7.85. The summed E-state index contributed by atoms with van der Waals surface area (Å²) in [4.78, 5) is 26.0. The van der Waals surface area contributed by atoms with E-state index in [9.17, 15) is 10.1 Å². The molecule has 0 saturated heterocycles. The number of hydrogen-bond acceptors (Lipinski definition) is 9. The molecule has 2 heterocycles. The zero-order valence-corrected chi connectivity index (χ0v) is 13.9. The third kappa shape index (κ3) is 3.71. The Hall–Kier alpha value is -2.33. The van der Waals surface area contributed by atoms with Crippen LogP contribution in [0.4, 0.5) is 22.5 Å². The number of aromatic nitrogens is 3. The summed E-state index contributed by atoms with van der Waals surface area (Å²) in [6.45, 7) is 6.25. The topological polar surface area (TPSA) is 117 Å². The van der Waals surface area contributed by atoms with Crippen molar-refractivity contribution in [3.63, 3.8) is 0 Å². The molecular formula is C13H18N6O3S. The van der Waals surface area contributed by atoms with E-state index in [-0.39, 0.29) is 30.5 Å². The molecule has 2 aromatic heterocycles. The second kappa shape index (κ2) is 7.29. The van der Waals surface area contributed by atoms with Gasteiger partial charge in [0, 0.05) is 18.0 Å². The van der Waals surface area contributed by atoms with Crippen LogP contribution in [0.5, 0.6) is 0 Å². The Labute approximate surface area is 137 Å². The van der Waals surface area contributed by atoms with E-state index in [0.29, 0.717) is 11.7 Å². The van der Waals surface area contributed by atoms with E-state index in [1.54, 1.807) is 4.90 Å². The molecule has 0 atom stereocenters. The van der Waals surface area contributed by atoms with Gasteiger partial charge in [0.2, 0.25) is 11.6 Å². The number of aliphatic hydroxyl groups is 1. The van der Waals surface area contributed by atoms with Crippen molar-refractivity contribution in [1.82, 2.24) is 15.0 Å². The number of hydrogen-bond donors (Lipinski definition) is 2. The molecule has 10 heteroatoms. The molecule has 0 radical (unpaired) electrons. The summed E-state index contributed by atoms with van der Waals surface area (Å²) in [5, 5.41) is 24.1. The Balaban J connectivity index is 2.45. The largest absolute Gasteiger partial charge is 0.395 e. The van der Waals surface area contributed by atoms with Gasteiger partial charge in [-0.3, -0.25) is 10.1 Å². The number of aryl methyl sites for hydroxylation is 2. The molecule has 0 saturated carbocycles. The summed E-state index contributed by atoms with van der Waals surface area (Å²) in [6.07, 6.45) is 1.26. The van der Waals surface area contributed by atoms with Gasteiger partial charge in [0.25, 0.3) is 0 Å². The van der Waals surface area contributed by atoms with E-state index < -0.39 is 4.92 Å². The van der Waals surface area contributed by atoms with Crippen LogP contribution < -0.4 is 10.2 Å². The van der Waals surface area contributed by atoms with Gasteiger partial charge in [0.05, 0.1) is 17.2 Å². The number of thiazole rings is 1. The number of likely N-dealkylation sites (N-methyl/N-ethyl adjacent to an activating group) is 1. The van der Waals surface area contributed by atoms with Gasteiger partial charge in [0.15, 0.2) is 5.13 Å². The summed E-state index contributed by atoms with van der Waals surface area (Å²) in [7, 11) is 0. The number of rotatable bonds is 7. The van der Waals surface area contributed by atoms with Gasteiger partial charge in [0.1, 0.15) is 6.33 Å². The first-order valence-electron chi connectivity index (χ1n) is 7.04. The van der Waals surface area contributed by atoms with Crippen molar-refractivity contribution in [3.8, 4) is 0 Å². The molecule has 0 unspecified atom stereocenters. The molecule has 2 rings (SSSR count). The predicted molar refractivity (Wildman–Crippen MR) is 88.5 cm³/mol. The zero-order valence-electron chi connectivity index (χ0n) is 13.1. The van der Waals surface area contributed by atoms with Crippen LogP contribution in [0.3, 0.4) is 0 Å². The van der Waals surface area contributed by atoms with Gasteiger partial charge in [-0.25, -0.2) is 15.0 Å². The average molecular weight is 338 g/mol. The molecule has 2 N–H and O–H groups in total. The Morgan fingerprint density at radius 2 is 2.17 bits per heavy atom. The van der Waals surface area contributed by atoms with E-state index in [0.717, 1.165) is 10.6 Å². The molecule has 0 bridgehead atoms. The number of nitro groups is 1. The van der Waals surface area contributed by atoms with Gasteiger partial charge >= 0.3 is 5.69 Å². The van der Waals surface area contributed by atoms with Crippen molar-refractivity contribution in [2.24, 2.45) is 0 Å². The van der Waals surface area contributed by atoms with E-state index in [1.807, 2.05) is 20.8 Å². The highest BCUT2D eigenvalue weighted by Crippen LogP contribution is 2.34. The molecule has 0 aliphatic rings.